The van der Waals surface area contributed by atoms with Crippen molar-refractivity contribution in [3.63, 3.8) is 0 Å². The Morgan fingerprint density at radius 1 is 1.07 bits per heavy atom. The number of aryl methyl sites for hydroxylation is 3. The Balaban J connectivity index is 1.60. The maximum absolute atomic E-state index is 14.2. The molecule has 2 aromatic carbocycles. The second-order valence-electron chi connectivity index (χ2n) is 6.71. The molecule has 0 radical (unpaired) electrons. The third kappa shape index (κ3) is 3.54. The van der Waals surface area contributed by atoms with E-state index in [4.69, 9.17) is 4.74 Å². The molecular weight excluding hydrogens is 375 g/mol. The van der Waals surface area contributed by atoms with Gasteiger partial charge in [-0.05, 0) is 53.6 Å². The van der Waals surface area contributed by atoms with Crippen molar-refractivity contribution in [2.75, 3.05) is 0 Å². The molecule has 0 fully saturated rings. The lowest BCUT2D eigenvalue weighted by Gasteiger charge is -2.11. The van der Waals surface area contributed by atoms with Crippen molar-refractivity contribution >= 4 is 0 Å². The topological polar surface area (TPSA) is 79.8 Å². The van der Waals surface area contributed by atoms with Crippen LogP contribution < -0.4 is 10.4 Å². The minimum Gasteiger partial charge on any atom is -0.472 e. The highest BCUT2D eigenvalue weighted by Crippen LogP contribution is 2.21. The van der Waals surface area contributed by atoms with Crippen molar-refractivity contribution in [1.82, 2.24) is 29.6 Å². The number of nitrogens with zero attached hydrogens (tertiary/aromatic N) is 6. The number of aromatic nitrogens is 6. The zero-order valence-electron chi connectivity index (χ0n) is 16.2. The van der Waals surface area contributed by atoms with Crippen LogP contribution in [-0.4, -0.2) is 29.6 Å². The summed E-state index contributed by atoms with van der Waals surface area (Å²) in [6.07, 6.45) is 1.63. The van der Waals surface area contributed by atoms with E-state index in [9.17, 15) is 9.18 Å². The fraction of sp³-hybridized carbons (Fsp3) is 0.200. The van der Waals surface area contributed by atoms with E-state index in [1.165, 1.54) is 22.5 Å². The summed E-state index contributed by atoms with van der Waals surface area (Å²) in [5.74, 6) is -0.0199. The van der Waals surface area contributed by atoms with Crippen LogP contribution in [0.25, 0.3) is 11.4 Å². The predicted octanol–water partition coefficient (Wildman–Crippen LogP) is 2.49. The monoisotopic (exact) mass is 394 g/mol. The third-order valence-corrected chi connectivity index (χ3v) is 4.61. The van der Waals surface area contributed by atoms with E-state index in [2.05, 4.69) is 15.5 Å². The lowest BCUT2D eigenvalue weighted by atomic mass is 10.1. The smallest absolute Gasteiger partial charge is 0.368 e. The fourth-order valence-electron chi connectivity index (χ4n) is 3.00. The maximum atomic E-state index is 14.2. The minimum atomic E-state index is -0.358. The number of hydrogen-bond donors (Lipinski definition) is 0. The molecule has 148 valence electrons. The van der Waals surface area contributed by atoms with E-state index >= 15 is 0 Å². The van der Waals surface area contributed by atoms with Crippen molar-refractivity contribution in [2.24, 2.45) is 7.05 Å². The number of ether oxygens (including phenoxy) is 1. The third-order valence-electron chi connectivity index (χ3n) is 4.61. The van der Waals surface area contributed by atoms with Gasteiger partial charge in [0.15, 0.2) is 0 Å². The average Bonchev–Trinajstić information content (AvgIpc) is 3.28. The molecule has 0 N–H and O–H groups in total. The molecule has 0 spiro atoms. The Kier molecular flexibility index (Phi) is 4.71. The summed E-state index contributed by atoms with van der Waals surface area (Å²) in [5, 5.41) is 12.0. The van der Waals surface area contributed by atoms with Gasteiger partial charge in [0.1, 0.15) is 18.1 Å². The molecule has 4 rings (SSSR count). The Hall–Kier alpha value is -3.75. The second-order valence-corrected chi connectivity index (χ2v) is 6.71. The van der Waals surface area contributed by atoms with Crippen molar-refractivity contribution in [1.29, 1.82) is 0 Å². The maximum Gasteiger partial charge on any atom is 0.368 e. The van der Waals surface area contributed by atoms with Crippen molar-refractivity contribution in [3.05, 3.63) is 81.7 Å². The highest BCUT2D eigenvalue weighted by Gasteiger charge is 2.14. The molecule has 2 aromatic heterocycles. The van der Waals surface area contributed by atoms with Gasteiger partial charge in [-0.3, -0.25) is 0 Å². The summed E-state index contributed by atoms with van der Waals surface area (Å²) in [7, 11) is 1.54. The molecule has 0 amide bonds. The number of halogens is 1. The van der Waals surface area contributed by atoms with Gasteiger partial charge in [-0.2, -0.15) is 9.36 Å². The molecule has 8 nitrogen and oxygen atoms in total. The zero-order valence-corrected chi connectivity index (χ0v) is 16.2. The fourth-order valence-corrected chi connectivity index (χ4v) is 3.00. The summed E-state index contributed by atoms with van der Waals surface area (Å²) in [4.78, 5) is 12.2. The van der Waals surface area contributed by atoms with Gasteiger partial charge in [-0.1, -0.05) is 18.2 Å². The summed E-state index contributed by atoms with van der Waals surface area (Å²) in [6.45, 7) is 3.91. The summed E-state index contributed by atoms with van der Waals surface area (Å²) < 4.78 is 23.8. The average molecular weight is 394 g/mol. The summed E-state index contributed by atoms with van der Waals surface area (Å²) >= 11 is 0. The largest absolute Gasteiger partial charge is 0.472 e. The lowest BCUT2D eigenvalue weighted by Crippen LogP contribution is -2.23. The summed E-state index contributed by atoms with van der Waals surface area (Å²) in [5.41, 5.74) is 3.13. The van der Waals surface area contributed by atoms with E-state index in [1.54, 1.807) is 24.4 Å². The van der Waals surface area contributed by atoms with Gasteiger partial charge in [0.25, 0.3) is 0 Å². The molecule has 0 aliphatic heterocycles. The predicted molar refractivity (Wildman–Crippen MR) is 104 cm³/mol. The molecule has 0 saturated heterocycles. The molecule has 2 heterocycles. The van der Waals surface area contributed by atoms with Crippen LogP contribution in [0.1, 0.15) is 16.7 Å². The number of tetrazole rings is 1. The van der Waals surface area contributed by atoms with Gasteiger partial charge in [0.05, 0.1) is 5.69 Å². The van der Waals surface area contributed by atoms with E-state index in [-0.39, 0.29) is 18.1 Å². The van der Waals surface area contributed by atoms with Crippen LogP contribution >= 0.6 is 0 Å². The normalized spacial score (nSPS) is 11.0. The van der Waals surface area contributed by atoms with Crippen LogP contribution in [-0.2, 0) is 13.7 Å². The SMILES string of the molecule is Cc1ccc(-n2ccc(OCc3c(C)cccc3-n3nnn(C)c3=O)n2)c(F)c1. The Bertz CT molecular complexity index is 1240. The molecule has 4 aromatic rings. The van der Waals surface area contributed by atoms with E-state index < -0.39 is 0 Å². The van der Waals surface area contributed by atoms with Crippen LogP contribution in [0.2, 0.25) is 0 Å². The standard InChI is InChI=1S/C20H19FN6O2/c1-13-7-8-18(16(21)11-13)26-10-9-19(22-26)29-12-15-14(2)5-4-6-17(15)27-20(28)25(3)23-24-27/h4-11H,12H2,1-3H3. The number of benzene rings is 2. The van der Waals surface area contributed by atoms with Crippen LogP contribution in [0.4, 0.5) is 4.39 Å². The highest BCUT2D eigenvalue weighted by molar-refractivity contribution is 5.44. The van der Waals surface area contributed by atoms with Crippen LogP contribution in [0.15, 0.2) is 53.5 Å². The molecule has 9 heteroatoms. The van der Waals surface area contributed by atoms with Crippen molar-refractivity contribution < 1.29 is 9.13 Å². The van der Waals surface area contributed by atoms with Crippen LogP contribution in [0.3, 0.4) is 0 Å². The number of hydrogen-bond acceptors (Lipinski definition) is 5. The molecule has 0 bridgehead atoms. The molecular formula is C20H19FN6O2. The van der Waals surface area contributed by atoms with Gasteiger partial charge < -0.3 is 4.74 Å². The molecule has 0 aliphatic carbocycles. The summed E-state index contributed by atoms with van der Waals surface area (Å²) in [6, 6.07) is 12.1. The second kappa shape index (κ2) is 7.34. The molecule has 0 unspecified atom stereocenters. The van der Waals surface area contributed by atoms with E-state index in [0.29, 0.717) is 17.3 Å². The first-order chi connectivity index (χ1) is 13.9. The number of rotatable bonds is 5. The molecule has 29 heavy (non-hydrogen) atoms. The van der Waals surface area contributed by atoms with Crippen LogP contribution in [0, 0.1) is 19.7 Å². The van der Waals surface area contributed by atoms with E-state index in [1.807, 2.05) is 32.0 Å². The van der Waals surface area contributed by atoms with E-state index in [0.717, 1.165) is 21.4 Å². The first-order valence-electron chi connectivity index (χ1n) is 8.97. The van der Waals surface area contributed by atoms with Gasteiger partial charge in [-0.15, -0.1) is 5.10 Å². The van der Waals surface area contributed by atoms with Gasteiger partial charge in [0, 0.05) is 24.9 Å². The van der Waals surface area contributed by atoms with Crippen molar-refractivity contribution in [3.8, 4) is 17.3 Å². The van der Waals surface area contributed by atoms with Gasteiger partial charge >= 0.3 is 5.69 Å². The molecule has 0 saturated carbocycles. The molecule has 0 atom stereocenters. The highest BCUT2D eigenvalue weighted by atomic mass is 19.1. The first kappa shape index (κ1) is 18.6. The quantitative estimate of drug-likeness (QED) is 0.520. The lowest BCUT2D eigenvalue weighted by molar-refractivity contribution is 0.290. The minimum absolute atomic E-state index is 0.165. The Morgan fingerprint density at radius 3 is 2.62 bits per heavy atom. The van der Waals surface area contributed by atoms with Crippen LogP contribution in [0.5, 0.6) is 5.88 Å². The van der Waals surface area contributed by atoms with Gasteiger partial charge in [0.2, 0.25) is 5.88 Å². The zero-order chi connectivity index (χ0) is 20.5. The first-order valence-corrected chi connectivity index (χ1v) is 8.97. The van der Waals surface area contributed by atoms with Gasteiger partial charge in [-0.25, -0.2) is 13.9 Å². The molecule has 0 aliphatic rings. The Morgan fingerprint density at radius 2 is 1.90 bits per heavy atom. The van der Waals surface area contributed by atoms with Crippen molar-refractivity contribution in [2.45, 2.75) is 20.5 Å². The Labute approximate surface area is 165 Å².